The number of carbonyl (C=O) groups is 2. The van der Waals surface area contributed by atoms with Crippen LogP contribution in [0.25, 0.3) is 0 Å². The number of hydrazone groups is 1. The topological polar surface area (TPSA) is 70.6 Å². The summed E-state index contributed by atoms with van der Waals surface area (Å²) in [7, 11) is 0. The maximum atomic E-state index is 11.8. The van der Waals surface area contributed by atoms with Gasteiger partial charge in [0.05, 0.1) is 12.8 Å². The van der Waals surface area contributed by atoms with Crippen molar-refractivity contribution in [2.75, 3.05) is 6.54 Å². The second-order valence-corrected chi connectivity index (χ2v) is 5.41. The van der Waals surface area contributed by atoms with E-state index in [1.165, 1.54) is 11.3 Å². The van der Waals surface area contributed by atoms with Crippen LogP contribution >= 0.6 is 22.9 Å². The van der Waals surface area contributed by atoms with Crippen LogP contribution in [0.3, 0.4) is 0 Å². The highest BCUT2D eigenvalue weighted by Crippen LogP contribution is 2.09. The molecule has 0 bridgehead atoms. The number of benzene rings is 1. The van der Waals surface area contributed by atoms with Crippen molar-refractivity contribution in [2.45, 2.75) is 0 Å². The number of carbonyl (C=O) groups excluding carboxylic acids is 2. The summed E-state index contributed by atoms with van der Waals surface area (Å²) < 4.78 is 0. The van der Waals surface area contributed by atoms with Gasteiger partial charge in [-0.05, 0) is 35.7 Å². The van der Waals surface area contributed by atoms with E-state index in [4.69, 9.17) is 11.6 Å². The van der Waals surface area contributed by atoms with Gasteiger partial charge in [0.1, 0.15) is 0 Å². The molecule has 108 valence electrons. The van der Waals surface area contributed by atoms with Crippen LogP contribution in [0.15, 0.2) is 46.9 Å². The molecule has 0 saturated carbocycles. The molecule has 0 radical (unpaired) electrons. The van der Waals surface area contributed by atoms with Gasteiger partial charge in [-0.2, -0.15) is 5.10 Å². The molecule has 1 heterocycles. The number of thiophene rings is 1. The lowest BCUT2D eigenvalue weighted by Gasteiger charge is -2.04. The van der Waals surface area contributed by atoms with Crippen molar-refractivity contribution in [3.63, 3.8) is 0 Å². The van der Waals surface area contributed by atoms with Gasteiger partial charge in [-0.3, -0.25) is 9.59 Å². The molecule has 0 spiro atoms. The molecule has 0 aliphatic carbocycles. The Morgan fingerprint density at radius 1 is 1.24 bits per heavy atom. The monoisotopic (exact) mass is 321 g/mol. The molecule has 7 heteroatoms. The second kappa shape index (κ2) is 7.56. The van der Waals surface area contributed by atoms with Gasteiger partial charge in [0.15, 0.2) is 0 Å². The van der Waals surface area contributed by atoms with Crippen molar-refractivity contribution in [3.05, 3.63) is 57.2 Å². The van der Waals surface area contributed by atoms with Crippen LogP contribution in [0.1, 0.15) is 15.2 Å². The zero-order chi connectivity index (χ0) is 15.1. The largest absolute Gasteiger partial charge is 0.343 e. The highest BCUT2D eigenvalue weighted by Gasteiger charge is 2.07. The fraction of sp³-hybridized carbons (Fsp3) is 0.0714. The maximum Gasteiger partial charge on any atom is 0.259 e. The fourth-order valence-electron chi connectivity index (χ4n) is 1.44. The molecule has 1 aromatic heterocycles. The van der Waals surface area contributed by atoms with Crippen molar-refractivity contribution in [1.82, 2.24) is 10.7 Å². The lowest BCUT2D eigenvalue weighted by Crippen LogP contribution is -2.34. The Labute approximate surface area is 130 Å². The van der Waals surface area contributed by atoms with Crippen LogP contribution in [-0.4, -0.2) is 24.6 Å². The number of nitrogens with one attached hydrogen (secondary N) is 2. The van der Waals surface area contributed by atoms with E-state index in [2.05, 4.69) is 15.8 Å². The quantitative estimate of drug-likeness (QED) is 0.655. The third-order valence-electron chi connectivity index (χ3n) is 2.44. The standard InChI is InChI=1S/C14H12ClN3O2S/c15-11-5-3-10(4-6-11)14(20)16-9-13(19)18-17-8-12-2-1-7-21-12/h1-8H,9H2,(H,16,20)(H,18,19). The smallest absolute Gasteiger partial charge is 0.259 e. The first kappa shape index (κ1) is 15.2. The van der Waals surface area contributed by atoms with E-state index in [0.29, 0.717) is 10.6 Å². The van der Waals surface area contributed by atoms with Crippen molar-refractivity contribution < 1.29 is 9.59 Å². The Balaban J connectivity index is 1.76. The molecule has 1 aromatic carbocycles. The van der Waals surface area contributed by atoms with E-state index < -0.39 is 5.91 Å². The molecule has 0 saturated heterocycles. The molecule has 2 aromatic rings. The predicted octanol–water partition coefficient (Wildman–Crippen LogP) is 2.28. The van der Waals surface area contributed by atoms with E-state index in [1.54, 1.807) is 30.5 Å². The van der Waals surface area contributed by atoms with Crippen LogP contribution in [0.4, 0.5) is 0 Å². The molecule has 2 rings (SSSR count). The van der Waals surface area contributed by atoms with Crippen molar-refractivity contribution in [3.8, 4) is 0 Å². The zero-order valence-corrected chi connectivity index (χ0v) is 12.4. The molecule has 0 aliphatic heterocycles. The van der Waals surface area contributed by atoms with Crippen LogP contribution < -0.4 is 10.7 Å². The average Bonchev–Trinajstić information content (AvgIpc) is 2.99. The summed E-state index contributed by atoms with van der Waals surface area (Å²) in [4.78, 5) is 24.2. The van der Waals surface area contributed by atoms with Crippen molar-refractivity contribution >= 4 is 41.0 Å². The third-order valence-corrected chi connectivity index (χ3v) is 3.50. The van der Waals surface area contributed by atoms with E-state index >= 15 is 0 Å². The number of hydrogen-bond donors (Lipinski definition) is 2. The van der Waals surface area contributed by atoms with E-state index in [-0.39, 0.29) is 12.5 Å². The molecule has 5 nitrogen and oxygen atoms in total. The van der Waals surface area contributed by atoms with Gasteiger partial charge in [0.2, 0.25) is 0 Å². The Morgan fingerprint density at radius 3 is 2.67 bits per heavy atom. The Kier molecular flexibility index (Phi) is 5.48. The summed E-state index contributed by atoms with van der Waals surface area (Å²) in [5.74, 6) is -0.742. The SMILES string of the molecule is O=C(CNC(=O)c1ccc(Cl)cc1)NN=Cc1cccs1. The molecular weight excluding hydrogens is 310 g/mol. The number of amides is 2. The Hall–Kier alpha value is -2.18. The first-order valence-electron chi connectivity index (χ1n) is 6.04. The van der Waals surface area contributed by atoms with Gasteiger partial charge in [-0.15, -0.1) is 11.3 Å². The van der Waals surface area contributed by atoms with Gasteiger partial charge in [-0.1, -0.05) is 17.7 Å². The van der Waals surface area contributed by atoms with Crippen molar-refractivity contribution in [1.29, 1.82) is 0 Å². The molecule has 0 aliphatic rings. The van der Waals surface area contributed by atoms with Crippen LogP contribution in [0.2, 0.25) is 5.02 Å². The molecule has 2 amide bonds. The minimum Gasteiger partial charge on any atom is -0.343 e. The lowest BCUT2D eigenvalue weighted by atomic mass is 10.2. The number of rotatable bonds is 5. The minimum atomic E-state index is -0.398. The summed E-state index contributed by atoms with van der Waals surface area (Å²) >= 11 is 7.24. The maximum absolute atomic E-state index is 11.8. The Bertz CT molecular complexity index is 639. The van der Waals surface area contributed by atoms with Gasteiger partial charge in [-0.25, -0.2) is 5.43 Å². The van der Waals surface area contributed by atoms with E-state index in [1.807, 2.05) is 17.5 Å². The summed E-state index contributed by atoms with van der Waals surface area (Å²) in [6, 6.07) is 10.2. The fourth-order valence-corrected chi connectivity index (χ4v) is 2.15. The Morgan fingerprint density at radius 2 is 2.00 bits per heavy atom. The first-order chi connectivity index (χ1) is 10.1. The number of nitrogens with zero attached hydrogens (tertiary/aromatic N) is 1. The van der Waals surface area contributed by atoms with Gasteiger partial charge < -0.3 is 5.32 Å². The van der Waals surface area contributed by atoms with Gasteiger partial charge >= 0.3 is 0 Å². The average molecular weight is 322 g/mol. The first-order valence-corrected chi connectivity index (χ1v) is 7.30. The second-order valence-electron chi connectivity index (χ2n) is 4.00. The van der Waals surface area contributed by atoms with Crippen molar-refractivity contribution in [2.24, 2.45) is 5.10 Å². The summed E-state index contributed by atoms with van der Waals surface area (Å²) in [5, 5.41) is 8.75. The molecule has 0 atom stereocenters. The number of halogens is 1. The lowest BCUT2D eigenvalue weighted by molar-refractivity contribution is -0.120. The van der Waals surface area contributed by atoms with Crippen LogP contribution in [-0.2, 0) is 4.79 Å². The number of hydrogen-bond acceptors (Lipinski definition) is 4. The highest BCUT2D eigenvalue weighted by molar-refractivity contribution is 7.11. The van der Waals surface area contributed by atoms with E-state index in [0.717, 1.165) is 4.88 Å². The van der Waals surface area contributed by atoms with Crippen LogP contribution in [0.5, 0.6) is 0 Å². The molecule has 2 N–H and O–H groups in total. The molecular formula is C14H12ClN3O2S. The highest BCUT2D eigenvalue weighted by atomic mass is 35.5. The minimum absolute atomic E-state index is 0.150. The normalized spacial score (nSPS) is 10.5. The molecule has 0 fully saturated rings. The van der Waals surface area contributed by atoms with Gasteiger partial charge in [0.25, 0.3) is 11.8 Å². The summed E-state index contributed by atoms with van der Waals surface area (Å²) in [6.07, 6.45) is 1.55. The van der Waals surface area contributed by atoms with E-state index in [9.17, 15) is 9.59 Å². The van der Waals surface area contributed by atoms with Gasteiger partial charge in [0, 0.05) is 15.5 Å². The molecule has 21 heavy (non-hydrogen) atoms. The molecule has 0 unspecified atom stereocenters. The summed E-state index contributed by atoms with van der Waals surface area (Å²) in [6.45, 7) is -0.150. The third kappa shape index (κ3) is 5.02. The predicted molar refractivity (Wildman–Crippen MR) is 83.8 cm³/mol. The van der Waals surface area contributed by atoms with Crippen LogP contribution in [0, 0.1) is 0 Å². The zero-order valence-electron chi connectivity index (χ0n) is 10.9. The summed E-state index contributed by atoms with van der Waals surface area (Å²) in [5.41, 5.74) is 2.78.